The monoisotopic (exact) mass is 202 g/mol. The third-order valence-electron chi connectivity index (χ3n) is 2.01. The molecule has 0 unspecified atom stereocenters. The topological polar surface area (TPSA) is 50.7 Å². The number of anilines is 1. The van der Waals surface area contributed by atoms with Crippen LogP contribution in [0.4, 0.5) is 5.82 Å². The van der Waals surface area contributed by atoms with Crippen LogP contribution in [0.3, 0.4) is 0 Å². The molecule has 4 heteroatoms. The molecule has 0 fully saturated rings. The first-order valence-electron chi connectivity index (χ1n) is 5.01. The van der Waals surface area contributed by atoms with Gasteiger partial charge in [0.2, 0.25) is 0 Å². The van der Waals surface area contributed by atoms with Crippen molar-refractivity contribution < 1.29 is 0 Å². The zero-order valence-corrected chi connectivity index (χ0v) is 9.15. The maximum atomic E-state index is 4.43. The molecular weight excluding hydrogens is 188 g/mol. The summed E-state index contributed by atoms with van der Waals surface area (Å²) < 4.78 is 0. The van der Waals surface area contributed by atoms with Crippen LogP contribution in [-0.4, -0.2) is 21.0 Å². The van der Waals surface area contributed by atoms with Gasteiger partial charge in [0.15, 0.2) is 5.82 Å². The van der Waals surface area contributed by atoms with E-state index in [9.17, 15) is 0 Å². The quantitative estimate of drug-likeness (QED) is 0.810. The van der Waals surface area contributed by atoms with E-state index in [0.29, 0.717) is 6.04 Å². The minimum absolute atomic E-state index is 0.338. The van der Waals surface area contributed by atoms with Crippen molar-refractivity contribution in [1.29, 1.82) is 0 Å². The normalized spacial score (nSPS) is 10.9. The average molecular weight is 202 g/mol. The highest BCUT2D eigenvalue weighted by Gasteiger charge is 2.06. The van der Waals surface area contributed by atoms with E-state index in [4.69, 9.17) is 0 Å². The summed E-state index contributed by atoms with van der Waals surface area (Å²) in [5.74, 6) is 0.813. The van der Waals surface area contributed by atoms with Gasteiger partial charge in [-0.2, -0.15) is 0 Å². The summed E-state index contributed by atoms with van der Waals surface area (Å²) in [6.45, 7) is 6.11. The molecule has 78 valence electrons. The smallest absolute Gasteiger partial charge is 0.154 e. The lowest BCUT2D eigenvalue weighted by atomic mass is 10.3. The number of pyridine rings is 1. The number of aromatic nitrogens is 3. The number of aryl methyl sites for hydroxylation is 1. The molecule has 0 saturated heterocycles. The average Bonchev–Trinajstić information content (AvgIpc) is 2.16. The van der Waals surface area contributed by atoms with Crippen LogP contribution in [0, 0.1) is 6.92 Å². The Bertz CT molecular complexity index is 479. The molecule has 0 radical (unpaired) electrons. The second kappa shape index (κ2) is 3.81. The van der Waals surface area contributed by atoms with E-state index in [0.717, 1.165) is 22.5 Å². The molecule has 0 aromatic carbocycles. The number of hydrogen-bond acceptors (Lipinski definition) is 4. The van der Waals surface area contributed by atoms with Crippen molar-refractivity contribution in [3.8, 4) is 0 Å². The van der Waals surface area contributed by atoms with Gasteiger partial charge in [-0.25, -0.2) is 9.97 Å². The van der Waals surface area contributed by atoms with Gasteiger partial charge in [0, 0.05) is 24.1 Å². The van der Waals surface area contributed by atoms with Gasteiger partial charge in [0.05, 0.1) is 5.52 Å². The van der Waals surface area contributed by atoms with Gasteiger partial charge in [0.1, 0.15) is 5.52 Å². The van der Waals surface area contributed by atoms with Crippen LogP contribution < -0.4 is 5.32 Å². The van der Waals surface area contributed by atoms with Gasteiger partial charge >= 0.3 is 0 Å². The Hall–Kier alpha value is -1.71. The minimum Gasteiger partial charge on any atom is -0.366 e. The van der Waals surface area contributed by atoms with Gasteiger partial charge in [0.25, 0.3) is 0 Å². The highest BCUT2D eigenvalue weighted by Crippen LogP contribution is 2.18. The molecule has 4 nitrogen and oxygen atoms in total. The van der Waals surface area contributed by atoms with Gasteiger partial charge < -0.3 is 5.32 Å². The summed E-state index contributed by atoms with van der Waals surface area (Å²) in [7, 11) is 0. The maximum absolute atomic E-state index is 4.43. The van der Waals surface area contributed by atoms with E-state index >= 15 is 0 Å². The SMILES string of the molecule is Cc1cc2nccnc2c(NC(C)C)n1. The van der Waals surface area contributed by atoms with Crippen LogP contribution in [0.25, 0.3) is 11.0 Å². The number of nitrogens with zero attached hydrogens (tertiary/aromatic N) is 3. The van der Waals surface area contributed by atoms with Gasteiger partial charge in [-0.1, -0.05) is 0 Å². The molecule has 15 heavy (non-hydrogen) atoms. The Morgan fingerprint density at radius 3 is 2.67 bits per heavy atom. The van der Waals surface area contributed by atoms with Crippen molar-refractivity contribution in [2.75, 3.05) is 5.32 Å². The van der Waals surface area contributed by atoms with E-state index < -0.39 is 0 Å². The van der Waals surface area contributed by atoms with Gasteiger partial charge in [-0.15, -0.1) is 0 Å². The van der Waals surface area contributed by atoms with Gasteiger partial charge in [-0.3, -0.25) is 4.98 Å². The summed E-state index contributed by atoms with van der Waals surface area (Å²) in [5, 5.41) is 3.27. The van der Waals surface area contributed by atoms with Crippen LogP contribution in [0.5, 0.6) is 0 Å². The van der Waals surface area contributed by atoms with Crippen molar-refractivity contribution in [1.82, 2.24) is 15.0 Å². The van der Waals surface area contributed by atoms with Gasteiger partial charge in [-0.05, 0) is 26.8 Å². The lowest BCUT2D eigenvalue weighted by Crippen LogP contribution is -2.12. The molecule has 1 N–H and O–H groups in total. The molecule has 0 atom stereocenters. The minimum atomic E-state index is 0.338. The summed E-state index contributed by atoms with van der Waals surface area (Å²) in [5.41, 5.74) is 2.66. The molecule has 0 spiro atoms. The Morgan fingerprint density at radius 1 is 1.20 bits per heavy atom. The molecule has 0 aliphatic carbocycles. The molecule has 2 aromatic heterocycles. The first-order valence-corrected chi connectivity index (χ1v) is 5.01. The Balaban J connectivity index is 2.60. The fourth-order valence-electron chi connectivity index (χ4n) is 1.47. The molecule has 0 bridgehead atoms. The predicted molar refractivity (Wildman–Crippen MR) is 60.8 cm³/mol. The molecule has 0 amide bonds. The second-order valence-electron chi connectivity index (χ2n) is 3.84. The van der Waals surface area contributed by atoms with E-state index in [1.807, 2.05) is 13.0 Å². The van der Waals surface area contributed by atoms with Crippen LogP contribution in [0.2, 0.25) is 0 Å². The maximum Gasteiger partial charge on any atom is 0.154 e. The van der Waals surface area contributed by atoms with Crippen LogP contribution >= 0.6 is 0 Å². The summed E-state index contributed by atoms with van der Waals surface area (Å²) >= 11 is 0. The first-order chi connectivity index (χ1) is 7.16. The third-order valence-corrected chi connectivity index (χ3v) is 2.01. The summed E-state index contributed by atoms with van der Waals surface area (Å²) in [4.78, 5) is 13.0. The van der Waals surface area contributed by atoms with Crippen molar-refractivity contribution in [2.24, 2.45) is 0 Å². The largest absolute Gasteiger partial charge is 0.366 e. The lowest BCUT2D eigenvalue weighted by Gasteiger charge is -2.11. The van der Waals surface area contributed by atoms with E-state index in [2.05, 4.69) is 34.1 Å². The Kier molecular flexibility index (Phi) is 2.49. The molecule has 0 aliphatic heterocycles. The number of hydrogen-bond donors (Lipinski definition) is 1. The Labute approximate surface area is 88.8 Å². The molecule has 0 aliphatic rings. The summed E-state index contributed by atoms with van der Waals surface area (Å²) in [6.07, 6.45) is 3.38. The lowest BCUT2D eigenvalue weighted by molar-refractivity contribution is 0.888. The molecule has 2 rings (SSSR count). The first kappa shape index (κ1) is 9.83. The van der Waals surface area contributed by atoms with Crippen molar-refractivity contribution >= 4 is 16.9 Å². The zero-order valence-electron chi connectivity index (χ0n) is 9.15. The highest BCUT2D eigenvalue weighted by atomic mass is 15.0. The van der Waals surface area contributed by atoms with Crippen molar-refractivity contribution in [3.05, 3.63) is 24.2 Å². The third kappa shape index (κ3) is 2.03. The predicted octanol–water partition coefficient (Wildman–Crippen LogP) is 2.15. The zero-order chi connectivity index (χ0) is 10.8. The molecule has 2 heterocycles. The standard InChI is InChI=1S/C11H14N4/c1-7(2)14-11-10-9(6-8(3)15-11)12-4-5-13-10/h4-7H,1-3H3,(H,14,15). The number of rotatable bonds is 2. The van der Waals surface area contributed by atoms with E-state index in [-0.39, 0.29) is 0 Å². The van der Waals surface area contributed by atoms with Crippen molar-refractivity contribution in [2.45, 2.75) is 26.8 Å². The molecule has 0 saturated carbocycles. The number of nitrogens with one attached hydrogen (secondary N) is 1. The van der Waals surface area contributed by atoms with Crippen LogP contribution in [0.15, 0.2) is 18.5 Å². The fraction of sp³-hybridized carbons (Fsp3) is 0.364. The summed E-state index contributed by atoms with van der Waals surface area (Å²) in [6, 6.07) is 2.28. The van der Waals surface area contributed by atoms with E-state index in [1.165, 1.54) is 0 Å². The van der Waals surface area contributed by atoms with Crippen LogP contribution in [0.1, 0.15) is 19.5 Å². The highest BCUT2D eigenvalue weighted by molar-refractivity contribution is 5.85. The van der Waals surface area contributed by atoms with Crippen molar-refractivity contribution in [3.63, 3.8) is 0 Å². The number of fused-ring (bicyclic) bond motifs is 1. The molecule has 2 aromatic rings. The second-order valence-corrected chi connectivity index (χ2v) is 3.84. The van der Waals surface area contributed by atoms with E-state index in [1.54, 1.807) is 12.4 Å². The Morgan fingerprint density at radius 2 is 1.93 bits per heavy atom. The molecular formula is C11H14N4. The van der Waals surface area contributed by atoms with Crippen LogP contribution in [-0.2, 0) is 0 Å². The fourth-order valence-corrected chi connectivity index (χ4v) is 1.47.